The zero-order valence-corrected chi connectivity index (χ0v) is 8.83. The van der Waals surface area contributed by atoms with Gasteiger partial charge in [-0.05, 0) is 37.8 Å². The molecule has 0 fully saturated rings. The van der Waals surface area contributed by atoms with Gasteiger partial charge in [-0.1, -0.05) is 0 Å². The van der Waals surface area contributed by atoms with E-state index < -0.39 is 0 Å². The Morgan fingerprint density at radius 3 is 2.40 bits per heavy atom. The highest BCUT2D eigenvalue weighted by Gasteiger charge is 2.13. The first-order valence-corrected chi connectivity index (χ1v) is 5.56. The standard InChI is InChI=1S/C12H16O3/c13-12(15-11-7-3-4-8-11)9-14-10-5-1-2-6-10/h5,7H,1-4,6,8-9H2. The van der Waals surface area contributed by atoms with E-state index in [0.29, 0.717) is 0 Å². The highest BCUT2D eigenvalue weighted by Crippen LogP contribution is 2.20. The number of esters is 1. The summed E-state index contributed by atoms with van der Waals surface area (Å²) in [6.07, 6.45) is 10.2. The predicted molar refractivity (Wildman–Crippen MR) is 55.9 cm³/mol. The van der Waals surface area contributed by atoms with E-state index in [1.807, 2.05) is 12.2 Å². The molecule has 0 saturated carbocycles. The maximum absolute atomic E-state index is 11.3. The van der Waals surface area contributed by atoms with E-state index in [2.05, 4.69) is 0 Å². The molecule has 2 aliphatic carbocycles. The molecule has 0 bridgehead atoms. The number of ether oxygens (including phenoxy) is 2. The van der Waals surface area contributed by atoms with E-state index in [9.17, 15) is 4.79 Å². The van der Waals surface area contributed by atoms with E-state index >= 15 is 0 Å². The van der Waals surface area contributed by atoms with Crippen LogP contribution in [0.15, 0.2) is 23.7 Å². The number of hydrogen-bond acceptors (Lipinski definition) is 3. The van der Waals surface area contributed by atoms with Crippen LogP contribution >= 0.6 is 0 Å². The molecule has 0 radical (unpaired) electrons. The Hall–Kier alpha value is -1.25. The molecule has 0 unspecified atom stereocenters. The lowest BCUT2D eigenvalue weighted by Crippen LogP contribution is -2.11. The number of carbonyl (C=O) groups excluding carboxylic acids is 1. The van der Waals surface area contributed by atoms with Gasteiger partial charge < -0.3 is 9.47 Å². The number of carbonyl (C=O) groups is 1. The van der Waals surface area contributed by atoms with E-state index in [-0.39, 0.29) is 12.6 Å². The van der Waals surface area contributed by atoms with Crippen molar-refractivity contribution >= 4 is 5.97 Å². The third kappa shape index (κ3) is 3.11. The molecule has 2 aliphatic rings. The van der Waals surface area contributed by atoms with Crippen molar-refractivity contribution in [3.05, 3.63) is 23.7 Å². The van der Waals surface area contributed by atoms with Crippen LogP contribution in [0, 0.1) is 0 Å². The Morgan fingerprint density at radius 1 is 1.13 bits per heavy atom. The van der Waals surface area contributed by atoms with Crippen molar-refractivity contribution in [1.82, 2.24) is 0 Å². The summed E-state index contributed by atoms with van der Waals surface area (Å²) >= 11 is 0. The molecule has 0 N–H and O–H groups in total. The number of allylic oxidation sites excluding steroid dienone is 4. The van der Waals surface area contributed by atoms with Crippen molar-refractivity contribution in [3.8, 4) is 0 Å². The molecular formula is C12H16O3. The van der Waals surface area contributed by atoms with Crippen LogP contribution in [0.2, 0.25) is 0 Å². The Kier molecular flexibility index (Phi) is 3.43. The van der Waals surface area contributed by atoms with Crippen LogP contribution in [0.25, 0.3) is 0 Å². The van der Waals surface area contributed by atoms with Crippen LogP contribution in [0.4, 0.5) is 0 Å². The van der Waals surface area contributed by atoms with Crippen molar-refractivity contribution in [3.63, 3.8) is 0 Å². The quantitative estimate of drug-likeness (QED) is 0.666. The molecule has 0 aromatic carbocycles. The van der Waals surface area contributed by atoms with Gasteiger partial charge in [-0.15, -0.1) is 0 Å². The normalized spacial score (nSPS) is 19.7. The van der Waals surface area contributed by atoms with Crippen LogP contribution in [-0.4, -0.2) is 12.6 Å². The van der Waals surface area contributed by atoms with Crippen LogP contribution in [-0.2, 0) is 14.3 Å². The topological polar surface area (TPSA) is 35.5 Å². The third-order valence-electron chi connectivity index (χ3n) is 2.62. The molecule has 0 saturated heterocycles. The van der Waals surface area contributed by atoms with Gasteiger partial charge in [-0.25, -0.2) is 4.79 Å². The molecule has 3 nitrogen and oxygen atoms in total. The molecule has 0 spiro atoms. The van der Waals surface area contributed by atoms with Crippen LogP contribution in [0.1, 0.15) is 38.5 Å². The summed E-state index contributed by atoms with van der Waals surface area (Å²) in [6, 6.07) is 0. The SMILES string of the molecule is O=C(COC1=CCCC1)OC1=CCCC1. The molecule has 0 heterocycles. The average Bonchev–Trinajstić information content (AvgIpc) is 2.86. The van der Waals surface area contributed by atoms with Gasteiger partial charge in [0.2, 0.25) is 0 Å². The molecular weight excluding hydrogens is 192 g/mol. The zero-order chi connectivity index (χ0) is 10.5. The van der Waals surface area contributed by atoms with Gasteiger partial charge in [-0.2, -0.15) is 0 Å². The second-order valence-corrected chi connectivity index (χ2v) is 3.89. The summed E-state index contributed by atoms with van der Waals surface area (Å²) in [6.45, 7) is 0.0448. The number of rotatable bonds is 4. The summed E-state index contributed by atoms with van der Waals surface area (Å²) in [7, 11) is 0. The minimum Gasteiger partial charge on any atom is -0.487 e. The van der Waals surface area contributed by atoms with Crippen molar-refractivity contribution < 1.29 is 14.3 Å². The van der Waals surface area contributed by atoms with Gasteiger partial charge in [-0.3, -0.25) is 0 Å². The lowest BCUT2D eigenvalue weighted by molar-refractivity contribution is -0.143. The van der Waals surface area contributed by atoms with Gasteiger partial charge in [0.1, 0.15) is 5.76 Å². The number of hydrogen-bond donors (Lipinski definition) is 0. The fourth-order valence-corrected chi connectivity index (χ4v) is 1.83. The van der Waals surface area contributed by atoms with Crippen molar-refractivity contribution in [2.24, 2.45) is 0 Å². The summed E-state index contributed by atoms with van der Waals surface area (Å²) in [5, 5.41) is 0. The maximum Gasteiger partial charge on any atom is 0.349 e. The van der Waals surface area contributed by atoms with Crippen molar-refractivity contribution in [2.75, 3.05) is 6.61 Å². The highest BCUT2D eigenvalue weighted by atomic mass is 16.6. The fraction of sp³-hybridized carbons (Fsp3) is 0.583. The molecule has 15 heavy (non-hydrogen) atoms. The Balaban J connectivity index is 1.68. The Bertz CT molecular complexity index is 302. The monoisotopic (exact) mass is 208 g/mol. The van der Waals surface area contributed by atoms with Gasteiger partial charge in [0.15, 0.2) is 6.61 Å². The second-order valence-electron chi connectivity index (χ2n) is 3.89. The smallest absolute Gasteiger partial charge is 0.349 e. The molecule has 2 rings (SSSR count). The van der Waals surface area contributed by atoms with Crippen molar-refractivity contribution in [1.29, 1.82) is 0 Å². The van der Waals surface area contributed by atoms with Crippen LogP contribution in [0.3, 0.4) is 0 Å². The van der Waals surface area contributed by atoms with Gasteiger partial charge in [0, 0.05) is 12.8 Å². The third-order valence-corrected chi connectivity index (χ3v) is 2.62. The lowest BCUT2D eigenvalue weighted by Gasteiger charge is -2.07. The van der Waals surface area contributed by atoms with Crippen LogP contribution in [0.5, 0.6) is 0 Å². The Morgan fingerprint density at radius 2 is 1.80 bits per heavy atom. The van der Waals surface area contributed by atoms with E-state index in [4.69, 9.17) is 9.47 Å². The Labute approximate surface area is 89.8 Å². The highest BCUT2D eigenvalue weighted by molar-refractivity contribution is 5.72. The second kappa shape index (κ2) is 5.01. The van der Waals surface area contributed by atoms with Gasteiger partial charge >= 0.3 is 5.97 Å². The maximum atomic E-state index is 11.3. The summed E-state index contributed by atoms with van der Waals surface area (Å²) in [4.78, 5) is 11.3. The lowest BCUT2D eigenvalue weighted by atomic mass is 10.3. The molecule has 0 atom stereocenters. The minimum atomic E-state index is -0.282. The van der Waals surface area contributed by atoms with E-state index in [1.54, 1.807) is 0 Å². The first kappa shape index (κ1) is 10.3. The van der Waals surface area contributed by atoms with E-state index in [1.165, 1.54) is 0 Å². The molecule has 0 aromatic rings. The van der Waals surface area contributed by atoms with E-state index in [0.717, 1.165) is 50.0 Å². The fourth-order valence-electron chi connectivity index (χ4n) is 1.83. The first-order valence-electron chi connectivity index (χ1n) is 5.56. The summed E-state index contributed by atoms with van der Waals surface area (Å²) in [5.74, 6) is 1.47. The molecule has 0 amide bonds. The largest absolute Gasteiger partial charge is 0.487 e. The van der Waals surface area contributed by atoms with Crippen LogP contribution < -0.4 is 0 Å². The molecule has 0 aliphatic heterocycles. The summed E-state index contributed by atoms with van der Waals surface area (Å²) in [5.41, 5.74) is 0. The molecule has 0 aromatic heterocycles. The summed E-state index contributed by atoms with van der Waals surface area (Å²) < 4.78 is 10.5. The molecule has 3 heteroatoms. The minimum absolute atomic E-state index is 0.0448. The average molecular weight is 208 g/mol. The molecule has 82 valence electrons. The first-order chi connectivity index (χ1) is 7.34. The van der Waals surface area contributed by atoms with Gasteiger partial charge in [0.25, 0.3) is 0 Å². The zero-order valence-electron chi connectivity index (χ0n) is 8.83. The van der Waals surface area contributed by atoms with Gasteiger partial charge in [0.05, 0.1) is 5.76 Å². The van der Waals surface area contributed by atoms with Crippen molar-refractivity contribution in [2.45, 2.75) is 38.5 Å². The predicted octanol–water partition coefficient (Wildman–Crippen LogP) is 2.68.